The number of hydrogen-bond donors (Lipinski definition) is 1. The van der Waals surface area contributed by atoms with Crippen molar-refractivity contribution >= 4 is 68.7 Å². The number of imide groups is 2. The second kappa shape index (κ2) is 9.79. The van der Waals surface area contributed by atoms with Crippen LogP contribution in [0.4, 0.5) is 10.5 Å². The summed E-state index contributed by atoms with van der Waals surface area (Å²) in [5.74, 6) is -0.943. The number of benzene rings is 3. The molecule has 0 unspecified atom stereocenters. The Balaban J connectivity index is 1.57. The SMILES string of the molecule is O=C1NC(=O)N(c2ccc(Cl)cc2)C(=O)/C1=C/c1ccc(OCc2ccccc2Cl)c(Br)c1. The molecular formula is C24H15BrCl2N2O4. The van der Waals surface area contributed by atoms with Crippen molar-refractivity contribution in [1.82, 2.24) is 5.32 Å². The number of nitrogens with one attached hydrogen (secondary N) is 1. The van der Waals surface area contributed by atoms with E-state index in [0.717, 1.165) is 10.5 Å². The van der Waals surface area contributed by atoms with Crippen molar-refractivity contribution in [3.63, 3.8) is 0 Å². The second-order valence-electron chi connectivity index (χ2n) is 7.00. The summed E-state index contributed by atoms with van der Waals surface area (Å²) in [6.07, 6.45) is 1.41. The number of barbiturate groups is 1. The molecule has 1 aliphatic rings. The predicted octanol–water partition coefficient (Wildman–Crippen LogP) is 6.00. The molecule has 4 amide bonds. The van der Waals surface area contributed by atoms with Crippen LogP contribution >= 0.6 is 39.1 Å². The molecule has 6 nitrogen and oxygen atoms in total. The van der Waals surface area contributed by atoms with Crippen LogP contribution in [0.3, 0.4) is 0 Å². The molecule has 4 rings (SSSR count). The van der Waals surface area contributed by atoms with Crippen molar-refractivity contribution in [2.24, 2.45) is 0 Å². The smallest absolute Gasteiger partial charge is 0.335 e. The predicted molar refractivity (Wildman–Crippen MR) is 130 cm³/mol. The molecule has 1 aliphatic heterocycles. The van der Waals surface area contributed by atoms with E-state index in [1.807, 2.05) is 18.2 Å². The molecular weight excluding hydrogens is 531 g/mol. The molecule has 0 aromatic heterocycles. The van der Waals surface area contributed by atoms with E-state index in [1.165, 1.54) is 18.2 Å². The number of halogens is 3. The Kier molecular flexibility index (Phi) is 6.83. The summed E-state index contributed by atoms with van der Waals surface area (Å²) in [5.41, 5.74) is 1.52. The molecule has 1 heterocycles. The monoisotopic (exact) mass is 544 g/mol. The van der Waals surface area contributed by atoms with E-state index in [-0.39, 0.29) is 12.2 Å². The van der Waals surface area contributed by atoms with Crippen molar-refractivity contribution in [2.75, 3.05) is 4.90 Å². The standard InChI is InChI=1S/C24H15BrCl2N2O4/c25-19-12-14(5-10-21(19)33-13-15-3-1-2-4-20(15)27)11-18-22(30)28-24(32)29(23(18)31)17-8-6-16(26)7-9-17/h1-12H,13H2,(H,28,30,32)/b18-11+. The first-order valence-electron chi connectivity index (χ1n) is 9.66. The highest BCUT2D eigenvalue weighted by Gasteiger charge is 2.36. The van der Waals surface area contributed by atoms with Gasteiger partial charge in [0, 0.05) is 15.6 Å². The van der Waals surface area contributed by atoms with Crippen molar-refractivity contribution in [3.05, 3.63) is 97.9 Å². The number of hydrogen-bond acceptors (Lipinski definition) is 4. The van der Waals surface area contributed by atoms with Crippen LogP contribution in [0.25, 0.3) is 6.08 Å². The first kappa shape index (κ1) is 23.0. The second-order valence-corrected chi connectivity index (χ2v) is 8.70. The van der Waals surface area contributed by atoms with E-state index in [2.05, 4.69) is 21.2 Å². The van der Waals surface area contributed by atoms with Crippen LogP contribution in [0.1, 0.15) is 11.1 Å². The minimum absolute atomic E-state index is 0.179. The third-order valence-corrected chi connectivity index (χ3v) is 6.03. The van der Waals surface area contributed by atoms with Gasteiger partial charge in [0.1, 0.15) is 17.9 Å². The van der Waals surface area contributed by atoms with Crippen molar-refractivity contribution in [1.29, 1.82) is 0 Å². The summed E-state index contributed by atoms with van der Waals surface area (Å²) in [6.45, 7) is 0.276. The summed E-state index contributed by atoms with van der Waals surface area (Å²) in [4.78, 5) is 38.5. The molecule has 0 radical (unpaired) electrons. The first-order valence-corrected chi connectivity index (χ1v) is 11.2. The molecule has 1 N–H and O–H groups in total. The molecule has 0 aliphatic carbocycles. The van der Waals surface area contributed by atoms with Crippen molar-refractivity contribution in [2.45, 2.75) is 6.61 Å². The van der Waals surface area contributed by atoms with E-state index < -0.39 is 17.8 Å². The van der Waals surface area contributed by atoms with E-state index in [9.17, 15) is 14.4 Å². The zero-order valence-corrected chi connectivity index (χ0v) is 19.9. The zero-order chi connectivity index (χ0) is 23.5. The zero-order valence-electron chi connectivity index (χ0n) is 16.8. The summed E-state index contributed by atoms with van der Waals surface area (Å²) < 4.78 is 6.45. The Morgan fingerprint density at radius 3 is 2.39 bits per heavy atom. The van der Waals surface area contributed by atoms with Gasteiger partial charge in [-0.1, -0.05) is 47.5 Å². The molecule has 0 saturated carbocycles. The number of carbonyl (C=O) groups excluding carboxylic acids is 3. The largest absolute Gasteiger partial charge is 0.488 e. The van der Waals surface area contributed by atoms with Gasteiger partial charge in [0.05, 0.1) is 10.2 Å². The lowest BCUT2D eigenvalue weighted by Crippen LogP contribution is -2.54. The average Bonchev–Trinajstić information content (AvgIpc) is 2.78. The van der Waals surface area contributed by atoms with Gasteiger partial charge in [-0.05, 0) is 70.0 Å². The van der Waals surface area contributed by atoms with Gasteiger partial charge < -0.3 is 4.74 Å². The quantitative estimate of drug-likeness (QED) is 0.315. The van der Waals surface area contributed by atoms with E-state index >= 15 is 0 Å². The Morgan fingerprint density at radius 2 is 1.70 bits per heavy atom. The summed E-state index contributed by atoms with van der Waals surface area (Å²) >= 11 is 15.5. The highest BCUT2D eigenvalue weighted by Crippen LogP contribution is 2.29. The molecule has 0 atom stereocenters. The van der Waals surface area contributed by atoms with Crippen LogP contribution in [0.5, 0.6) is 5.75 Å². The average molecular weight is 546 g/mol. The minimum Gasteiger partial charge on any atom is -0.488 e. The lowest BCUT2D eigenvalue weighted by atomic mass is 10.1. The Bertz CT molecular complexity index is 1290. The number of anilines is 1. The van der Waals surface area contributed by atoms with Gasteiger partial charge in [-0.2, -0.15) is 0 Å². The molecule has 3 aromatic carbocycles. The lowest BCUT2D eigenvalue weighted by molar-refractivity contribution is -0.122. The fraction of sp³-hybridized carbons (Fsp3) is 0.0417. The van der Waals surface area contributed by atoms with Gasteiger partial charge in [-0.3, -0.25) is 14.9 Å². The molecule has 1 saturated heterocycles. The number of urea groups is 1. The van der Waals surface area contributed by atoms with E-state index in [1.54, 1.807) is 36.4 Å². The van der Waals surface area contributed by atoms with Gasteiger partial charge in [-0.15, -0.1) is 0 Å². The Hall–Kier alpha value is -3.13. The number of amides is 4. The molecule has 3 aromatic rings. The number of rotatable bonds is 5. The fourth-order valence-electron chi connectivity index (χ4n) is 3.14. The summed E-state index contributed by atoms with van der Waals surface area (Å²) in [7, 11) is 0. The van der Waals surface area contributed by atoms with Gasteiger partial charge >= 0.3 is 6.03 Å². The van der Waals surface area contributed by atoms with Crippen molar-refractivity contribution < 1.29 is 19.1 Å². The van der Waals surface area contributed by atoms with Crippen LogP contribution in [0.15, 0.2) is 76.8 Å². The minimum atomic E-state index is -0.825. The molecule has 0 spiro atoms. The highest BCUT2D eigenvalue weighted by atomic mass is 79.9. The third kappa shape index (κ3) is 5.11. The molecule has 1 fully saturated rings. The van der Waals surface area contributed by atoms with Crippen LogP contribution in [-0.2, 0) is 16.2 Å². The van der Waals surface area contributed by atoms with Gasteiger partial charge in [-0.25, -0.2) is 9.69 Å². The van der Waals surface area contributed by atoms with Gasteiger partial charge in [0.15, 0.2) is 0 Å². The van der Waals surface area contributed by atoms with Gasteiger partial charge in [0.2, 0.25) is 0 Å². The number of ether oxygens (including phenoxy) is 1. The fourth-order valence-corrected chi connectivity index (χ4v) is 3.97. The number of nitrogens with zero attached hydrogens (tertiary/aromatic N) is 1. The Morgan fingerprint density at radius 1 is 0.970 bits per heavy atom. The maximum atomic E-state index is 13.0. The summed E-state index contributed by atoms with van der Waals surface area (Å²) in [6, 6.07) is 17.8. The maximum Gasteiger partial charge on any atom is 0.335 e. The first-order chi connectivity index (χ1) is 15.8. The van der Waals surface area contributed by atoms with Crippen LogP contribution < -0.4 is 15.0 Å². The number of carbonyl (C=O) groups is 3. The summed E-state index contributed by atoms with van der Waals surface area (Å²) in [5, 5.41) is 3.25. The third-order valence-electron chi connectivity index (χ3n) is 4.79. The molecule has 33 heavy (non-hydrogen) atoms. The maximum absolute atomic E-state index is 13.0. The van der Waals surface area contributed by atoms with Crippen molar-refractivity contribution in [3.8, 4) is 5.75 Å². The molecule has 9 heteroatoms. The lowest BCUT2D eigenvalue weighted by Gasteiger charge is -2.26. The van der Waals surface area contributed by atoms with E-state index in [4.69, 9.17) is 27.9 Å². The van der Waals surface area contributed by atoms with E-state index in [0.29, 0.717) is 31.5 Å². The topological polar surface area (TPSA) is 75.7 Å². The highest BCUT2D eigenvalue weighted by molar-refractivity contribution is 9.10. The van der Waals surface area contributed by atoms with Gasteiger partial charge in [0.25, 0.3) is 11.8 Å². The normalized spacial score (nSPS) is 15.1. The molecule has 166 valence electrons. The molecule has 0 bridgehead atoms. The van der Waals surface area contributed by atoms with Crippen LogP contribution in [0, 0.1) is 0 Å². The Labute approximate surface area is 207 Å². The van der Waals surface area contributed by atoms with Crippen LogP contribution in [-0.4, -0.2) is 17.8 Å². The van der Waals surface area contributed by atoms with Crippen LogP contribution in [0.2, 0.25) is 10.0 Å².